The second-order valence-electron chi connectivity index (χ2n) is 2.56. The molecule has 0 unspecified atom stereocenters. The van der Waals surface area contributed by atoms with E-state index in [1.807, 2.05) is 6.26 Å². The molecule has 1 aromatic rings. The zero-order valence-corrected chi connectivity index (χ0v) is 10.5. The quantitative estimate of drug-likeness (QED) is 0.833. The van der Waals surface area contributed by atoms with Gasteiger partial charge in [0.1, 0.15) is 5.75 Å². The zero-order chi connectivity index (χ0) is 11.4. The maximum Gasteiger partial charge on any atom is 0.412 e. The van der Waals surface area contributed by atoms with Crippen LogP contribution < -0.4 is 10.1 Å². The van der Waals surface area contributed by atoms with Crippen LogP contribution in [-0.4, -0.2) is 19.4 Å². The number of halogens is 2. The van der Waals surface area contributed by atoms with E-state index >= 15 is 0 Å². The molecule has 1 rings (SSSR count). The lowest BCUT2D eigenvalue weighted by Gasteiger charge is -2.07. The molecule has 0 fully saturated rings. The number of carbonyl (C=O) groups is 1. The highest BCUT2D eigenvalue weighted by Gasteiger charge is 2.09. The number of hydrogen-bond donors (Lipinski definition) is 1. The molecule has 0 aliphatic rings. The van der Waals surface area contributed by atoms with Gasteiger partial charge in [0, 0.05) is 24.1 Å². The first kappa shape index (κ1) is 12.5. The predicted octanol–water partition coefficient (Wildman–Crippen LogP) is 3.43. The first-order chi connectivity index (χ1) is 7.08. The molecule has 0 saturated carbocycles. The smallest absolute Gasteiger partial charge is 0.410 e. The van der Waals surface area contributed by atoms with Crippen molar-refractivity contribution in [3.63, 3.8) is 0 Å². The van der Waals surface area contributed by atoms with E-state index in [1.54, 1.807) is 12.1 Å². The van der Waals surface area contributed by atoms with E-state index in [0.29, 0.717) is 15.8 Å². The van der Waals surface area contributed by atoms with Crippen LogP contribution in [0.1, 0.15) is 0 Å². The zero-order valence-electron chi connectivity index (χ0n) is 8.14. The maximum absolute atomic E-state index is 10.9. The molecule has 1 N–H and O–H groups in total. The summed E-state index contributed by atoms with van der Waals surface area (Å²) in [6, 6.07) is 3.10. The SMILES string of the molecule is CNC(=O)Oc1cc(Cl)c(SC)c(Cl)c1. The van der Waals surface area contributed by atoms with E-state index in [9.17, 15) is 4.79 Å². The molecule has 0 aromatic heterocycles. The number of ether oxygens (including phenoxy) is 1. The third-order valence-corrected chi connectivity index (χ3v) is 3.26. The van der Waals surface area contributed by atoms with Crippen LogP contribution in [-0.2, 0) is 0 Å². The Morgan fingerprint density at radius 1 is 1.40 bits per heavy atom. The average Bonchev–Trinajstić information content (AvgIpc) is 2.17. The number of rotatable bonds is 2. The Morgan fingerprint density at radius 2 is 1.93 bits per heavy atom. The summed E-state index contributed by atoms with van der Waals surface area (Å²) in [7, 11) is 1.47. The molecule has 3 nitrogen and oxygen atoms in total. The van der Waals surface area contributed by atoms with Crippen molar-refractivity contribution in [1.29, 1.82) is 0 Å². The molecular formula is C9H9Cl2NO2S. The molecule has 0 spiro atoms. The maximum atomic E-state index is 10.9. The number of thioether (sulfide) groups is 1. The van der Waals surface area contributed by atoms with Crippen molar-refractivity contribution in [1.82, 2.24) is 5.32 Å². The van der Waals surface area contributed by atoms with E-state index in [1.165, 1.54) is 18.8 Å². The van der Waals surface area contributed by atoms with Gasteiger partial charge in [-0.3, -0.25) is 0 Å². The Balaban J connectivity index is 2.98. The summed E-state index contributed by atoms with van der Waals surface area (Å²) in [5, 5.41) is 3.26. The summed E-state index contributed by atoms with van der Waals surface area (Å²) in [6.45, 7) is 0. The largest absolute Gasteiger partial charge is 0.412 e. The topological polar surface area (TPSA) is 38.3 Å². The van der Waals surface area contributed by atoms with E-state index in [2.05, 4.69) is 5.32 Å². The van der Waals surface area contributed by atoms with Crippen molar-refractivity contribution < 1.29 is 9.53 Å². The van der Waals surface area contributed by atoms with Crippen molar-refractivity contribution in [3.8, 4) is 5.75 Å². The molecule has 1 aromatic carbocycles. The second-order valence-corrected chi connectivity index (χ2v) is 4.19. The van der Waals surface area contributed by atoms with Gasteiger partial charge in [-0.05, 0) is 6.26 Å². The van der Waals surface area contributed by atoms with E-state index in [-0.39, 0.29) is 0 Å². The van der Waals surface area contributed by atoms with Gasteiger partial charge in [0.15, 0.2) is 0 Å². The van der Waals surface area contributed by atoms with Gasteiger partial charge in [-0.2, -0.15) is 0 Å². The van der Waals surface area contributed by atoms with Crippen LogP contribution in [0.4, 0.5) is 4.79 Å². The monoisotopic (exact) mass is 265 g/mol. The fourth-order valence-corrected chi connectivity index (χ4v) is 2.39. The molecule has 0 aliphatic carbocycles. The summed E-state index contributed by atoms with van der Waals surface area (Å²) in [4.78, 5) is 11.7. The number of carbonyl (C=O) groups excluding carboxylic acids is 1. The molecule has 0 bridgehead atoms. The van der Waals surface area contributed by atoms with E-state index in [0.717, 1.165) is 4.90 Å². The van der Waals surface area contributed by atoms with Gasteiger partial charge in [0.2, 0.25) is 0 Å². The summed E-state index contributed by atoms with van der Waals surface area (Å²) in [6.07, 6.45) is 1.31. The van der Waals surface area contributed by atoms with Crippen molar-refractivity contribution in [3.05, 3.63) is 22.2 Å². The lowest BCUT2D eigenvalue weighted by atomic mass is 10.3. The van der Waals surface area contributed by atoms with Crippen molar-refractivity contribution in [2.24, 2.45) is 0 Å². The molecule has 6 heteroatoms. The van der Waals surface area contributed by atoms with Crippen LogP contribution in [0.15, 0.2) is 17.0 Å². The van der Waals surface area contributed by atoms with E-state index in [4.69, 9.17) is 27.9 Å². The average molecular weight is 266 g/mol. The van der Waals surface area contributed by atoms with Gasteiger partial charge < -0.3 is 10.1 Å². The summed E-state index contributed by atoms with van der Waals surface area (Å²) >= 11 is 13.3. The molecule has 0 aliphatic heterocycles. The Bertz CT molecular complexity index is 361. The number of hydrogen-bond acceptors (Lipinski definition) is 3. The van der Waals surface area contributed by atoms with Gasteiger partial charge in [-0.1, -0.05) is 23.2 Å². The molecule has 0 saturated heterocycles. The normalized spacial score (nSPS) is 9.87. The molecule has 15 heavy (non-hydrogen) atoms. The molecule has 1 amide bonds. The Kier molecular flexibility index (Phi) is 4.57. The van der Waals surface area contributed by atoms with Gasteiger partial charge in [0.05, 0.1) is 10.0 Å². The van der Waals surface area contributed by atoms with E-state index < -0.39 is 6.09 Å². The Morgan fingerprint density at radius 3 is 2.33 bits per heavy atom. The molecule has 82 valence electrons. The minimum absolute atomic E-state index is 0.321. The fraction of sp³-hybridized carbons (Fsp3) is 0.222. The lowest BCUT2D eigenvalue weighted by Crippen LogP contribution is -2.22. The van der Waals surface area contributed by atoms with Crippen LogP contribution in [0.5, 0.6) is 5.75 Å². The lowest BCUT2D eigenvalue weighted by molar-refractivity contribution is 0.203. The van der Waals surface area contributed by atoms with Gasteiger partial charge in [0.25, 0.3) is 0 Å². The minimum atomic E-state index is -0.556. The van der Waals surface area contributed by atoms with Crippen LogP contribution in [0.3, 0.4) is 0 Å². The third kappa shape index (κ3) is 3.19. The fourth-order valence-electron chi connectivity index (χ4n) is 0.949. The van der Waals surface area contributed by atoms with Crippen LogP contribution >= 0.6 is 35.0 Å². The van der Waals surface area contributed by atoms with Crippen molar-refractivity contribution in [2.75, 3.05) is 13.3 Å². The van der Waals surface area contributed by atoms with Crippen LogP contribution in [0.25, 0.3) is 0 Å². The first-order valence-corrected chi connectivity index (χ1v) is 5.99. The highest BCUT2D eigenvalue weighted by molar-refractivity contribution is 7.98. The predicted molar refractivity (Wildman–Crippen MR) is 63.3 cm³/mol. The summed E-state index contributed by atoms with van der Waals surface area (Å²) in [5.74, 6) is 0.321. The molecule has 0 atom stereocenters. The highest BCUT2D eigenvalue weighted by Crippen LogP contribution is 2.36. The second kappa shape index (κ2) is 5.49. The van der Waals surface area contributed by atoms with Crippen LogP contribution in [0.2, 0.25) is 10.0 Å². The van der Waals surface area contributed by atoms with Crippen LogP contribution in [0, 0.1) is 0 Å². The highest BCUT2D eigenvalue weighted by atomic mass is 35.5. The van der Waals surface area contributed by atoms with Crippen molar-refractivity contribution in [2.45, 2.75) is 4.90 Å². The standard InChI is InChI=1S/C9H9Cl2NO2S/c1-12-9(13)14-5-3-6(10)8(15-2)7(11)4-5/h3-4H,1-2H3,(H,12,13). The molecule has 0 radical (unpaired) electrons. The van der Waals surface area contributed by atoms with Gasteiger partial charge in [-0.25, -0.2) is 4.79 Å². The third-order valence-electron chi connectivity index (χ3n) is 1.59. The van der Waals surface area contributed by atoms with Gasteiger partial charge in [-0.15, -0.1) is 11.8 Å². The first-order valence-electron chi connectivity index (χ1n) is 4.01. The number of amides is 1. The Hall–Kier alpha value is -0.580. The number of nitrogens with one attached hydrogen (secondary N) is 1. The molecule has 0 heterocycles. The van der Waals surface area contributed by atoms with Crippen molar-refractivity contribution >= 4 is 41.1 Å². The summed E-state index contributed by atoms with van der Waals surface area (Å²) < 4.78 is 4.90. The summed E-state index contributed by atoms with van der Waals surface area (Å²) in [5.41, 5.74) is 0. The molecular weight excluding hydrogens is 257 g/mol. The van der Waals surface area contributed by atoms with Gasteiger partial charge >= 0.3 is 6.09 Å². The number of benzene rings is 1. The minimum Gasteiger partial charge on any atom is -0.410 e. The Labute approximate surface area is 102 Å².